The smallest absolute Gasteiger partial charge is 0.393 e. The molecule has 0 spiro atoms. The number of rotatable bonds is 2. The minimum atomic E-state index is -1.34. The minimum Gasteiger partial charge on any atom is -0.474 e. The van der Waals surface area contributed by atoms with Gasteiger partial charge in [0.15, 0.2) is 0 Å². The van der Waals surface area contributed by atoms with E-state index in [-0.39, 0.29) is 11.5 Å². The van der Waals surface area contributed by atoms with Crippen LogP contribution in [0.1, 0.15) is 16.2 Å². The molecule has 0 aliphatic carbocycles. The minimum absolute atomic E-state index is 0.0885. The molecule has 0 aliphatic rings. The molecular formula is C10H7FN2O3. The highest BCUT2D eigenvalue weighted by molar-refractivity contribution is 5.82. The lowest BCUT2D eigenvalue weighted by atomic mass is 10.1. The highest BCUT2D eigenvalue weighted by atomic mass is 19.1. The van der Waals surface area contributed by atoms with Gasteiger partial charge in [0.25, 0.3) is 5.89 Å². The van der Waals surface area contributed by atoms with Crippen LogP contribution in [-0.4, -0.2) is 21.3 Å². The van der Waals surface area contributed by atoms with Crippen molar-refractivity contribution in [3.8, 4) is 11.5 Å². The highest BCUT2D eigenvalue weighted by Gasteiger charge is 2.16. The third kappa shape index (κ3) is 1.77. The molecule has 0 bridgehead atoms. The Balaban J connectivity index is 2.46. The fourth-order valence-corrected chi connectivity index (χ4v) is 1.21. The predicted molar refractivity (Wildman–Crippen MR) is 51.4 cm³/mol. The van der Waals surface area contributed by atoms with Gasteiger partial charge in [0.05, 0.1) is 5.56 Å². The van der Waals surface area contributed by atoms with Crippen molar-refractivity contribution in [2.24, 2.45) is 0 Å². The maximum atomic E-state index is 13.5. The van der Waals surface area contributed by atoms with Crippen LogP contribution in [0.3, 0.4) is 0 Å². The van der Waals surface area contributed by atoms with E-state index in [2.05, 4.69) is 10.2 Å². The molecule has 0 fully saturated rings. The zero-order valence-electron chi connectivity index (χ0n) is 8.27. The second-order valence-electron chi connectivity index (χ2n) is 3.20. The average Bonchev–Trinajstić information content (AvgIpc) is 2.66. The lowest BCUT2D eigenvalue weighted by Crippen LogP contribution is -1.95. The van der Waals surface area contributed by atoms with Gasteiger partial charge in [-0.05, 0) is 24.6 Å². The summed E-state index contributed by atoms with van der Waals surface area (Å²) in [6, 6.07) is 4.44. The molecule has 82 valence electrons. The summed E-state index contributed by atoms with van der Waals surface area (Å²) in [5, 5.41) is 15.3. The van der Waals surface area contributed by atoms with E-state index in [9.17, 15) is 9.18 Å². The van der Waals surface area contributed by atoms with Gasteiger partial charge in [-0.2, -0.15) is 0 Å². The molecule has 0 amide bonds. The first-order valence-corrected chi connectivity index (χ1v) is 4.41. The molecule has 1 aromatic heterocycles. The third-order valence-electron chi connectivity index (χ3n) is 1.96. The summed E-state index contributed by atoms with van der Waals surface area (Å²) in [5.41, 5.74) is 0.838. The number of benzene rings is 1. The van der Waals surface area contributed by atoms with E-state index < -0.39 is 17.7 Å². The van der Waals surface area contributed by atoms with Crippen molar-refractivity contribution in [2.75, 3.05) is 0 Å². The molecule has 1 heterocycles. The first kappa shape index (κ1) is 10.3. The van der Waals surface area contributed by atoms with Gasteiger partial charge in [0, 0.05) is 0 Å². The zero-order valence-corrected chi connectivity index (χ0v) is 8.27. The number of hydrogen-bond acceptors (Lipinski definition) is 4. The Morgan fingerprint density at radius 1 is 1.44 bits per heavy atom. The second kappa shape index (κ2) is 3.73. The Kier molecular flexibility index (Phi) is 2.40. The molecule has 0 saturated heterocycles. The summed E-state index contributed by atoms with van der Waals surface area (Å²) < 4.78 is 18.3. The number of carboxylic acids is 1. The van der Waals surface area contributed by atoms with Crippen molar-refractivity contribution >= 4 is 5.97 Å². The van der Waals surface area contributed by atoms with Gasteiger partial charge in [-0.15, -0.1) is 10.2 Å². The number of carbonyl (C=O) groups is 1. The monoisotopic (exact) mass is 222 g/mol. The van der Waals surface area contributed by atoms with E-state index in [4.69, 9.17) is 9.52 Å². The molecule has 16 heavy (non-hydrogen) atoms. The van der Waals surface area contributed by atoms with Crippen LogP contribution in [-0.2, 0) is 0 Å². The Hall–Kier alpha value is -2.24. The maximum Gasteiger partial charge on any atom is 0.393 e. The third-order valence-corrected chi connectivity index (χ3v) is 1.96. The number of carboxylic acid groups (broad SMARTS) is 1. The topological polar surface area (TPSA) is 76.2 Å². The van der Waals surface area contributed by atoms with Crippen LogP contribution in [0.15, 0.2) is 22.6 Å². The van der Waals surface area contributed by atoms with Gasteiger partial charge in [-0.1, -0.05) is 6.07 Å². The standard InChI is InChI=1S/C10H7FN2O3/c1-5-2-3-6(7(11)4-5)8-12-13-9(16-8)10(14)15/h2-4H,1H3,(H,14,15). The summed E-state index contributed by atoms with van der Waals surface area (Å²) in [6.07, 6.45) is 0. The summed E-state index contributed by atoms with van der Waals surface area (Å²) in [5.74, 6) is -2.57. The van der Waals surface area contributed by atoms with Gasteiger partial charge < -0.3 is 9.52 Å². The normalized spacial score (nSPS) is 10.4. The summed E-state index contributed by atoms with van der Waals surface area (Å²) in [7, 11) is 0. The number of aromatic nitrogens is 2. The lowest BCUT2D eigenvalue weighted by molar-refractivity contribution is 0.0654. The molecule has 2 rings (SSSR count). The second-order valence-corrected chi connectivity index (χ2v) is 3.20. The van der Waals surface area contributed by atoms with Crippen LogP contribution in [0.5, 0.6) is 0 Å². The largest absolute Gasteiger partial charge is 0.474 e. The highest BCUT2D eigenvalue weighted by Crippen LogP contribution is 2.22. The number of nitrogens with zero attached hydrogens (tertiary/aromatic N) is 2. The van der Waals surface area contributed by atoms with Gasteiger partial charge in [0.1, 0.15) is 5.82 Å². The number of halogens is 1. The summed E-state index contributed by atoms with van der Waals surface area (Å²) in [6.45, 7) is 1.74. The molecular weight excluding hydrogens is 215 g/mol. The molecule has 5 nitrogen and oxygen atoms in total. The fraction of sp³-hybridized carbons (Fsp3) is 0.100. The fourth-order valence-electron chi connectivity index (χ4n) is 1.21. The van der Waals surface area contributed by atoms with Gasteiger partial charge in [0.2, 0.25) is 0 Å². The van der Waals surface area contributed by atoms with Crippen LogP contribution < -0.4 is 0 Å². The van der Waals surface area contributed by atoms with Crippen molar-refractivity contribution in [1.29, 1.82) is 0 Å². The number of aryl methyl sites for hydroxylation is 1. The Labute approximate surface area is 89.5 Å². The molecule has 0 atom stereocenters. The number of hydrogen-bond donors (Lipinski definition) is 1. The van der Waals surface area contributed by atoms with Crippen LogP contribution >= 0.6 is 0 Å². The van der Waals surface area contributed by atoms with Crippen molar-refractivity contribution < 1.29 is 18.7 Å². The van der Waals surface area contributed by atoms with E-state index in [1.165, 1.54) is 12.1 Å². The van der Waals surface area contributed by atoms with E-state index in [1.807, 2.05) is 0 Å². The maximum absolute atomic E-state index is 13.5. The van der Waals surface area contributed by atoms with Crippen molar-refractivity contribution in [1.82, 2.24) is 10.2 Å². The molecule has 0 unspecified atom stereocenters. The first-order valence-electron chi connectivity index (χ1n) is 4.41. The zero-order chi connectivity index (χ0) is 11.7. The molecule has 0 aliphatic heterocycles. The summed E-state index contributed by atoms with van der Waals surface area (Å²) in [4.78, 5) is 10.5. The van der Waals surface area contributed by atoms with Crippen LogP contribution in [0.25, 0.3) is 11.5 Å². The average molecular weight is 222 g/mol. The molecule has 0 radical (unpaired) electrons. The van der Waals surface area contributed by atoms with Crippen molar-refractivity contribution in [2.45, 2.75) is 6.92 Å². The lowest BCUT2D eigenvalue weighted by Gasteiger charge is -1.98. The van der Waals surface area contributed by atoms with E-state index >= 15 is 0 Å². The van der Waals surface area contributed by atoms with Crippen LogP contribution in [0.4, 0.5) is 4.39 Å². The van der Waals surface area contributed by atoms with E-state index in [0.29, 0.717) is 0 Å². The van der Waals surface area contributed by atoms with Crippen molar-refractivity contribution in [3.05, 3.63) is 35.5 Å². The van der Waals surface area contributed by atoms with Crippen LogP contribution in [0.2, 0.25) is 0 Å². The quantitative estimate of drug-likeness (QED) is 0.839. The SMILES string of the molecule is Cc1ccc(-c2nnc(C(=O)O)o2)c(F)c1. The van der Waals surface area contributed by atoms with Gasteiger partial charge in [-0.3, -0.25) is 0 Å². The molecule has 1 N–H and O–H groups in total. The summed E-state index contributed by atoms with van der Waals surface area (Å²) >= 11 is 0. The molecule has 1 aromatic carbocycles. The van der Waals surface area contributed by atoms with Gasteiger partial charge >= 0.3 is 11.9 Å². The number of aromatic carboxylic acids is 1. The first-order chi connectivity index (χ1) is 7.58. The predicted octanol–water partition coefficient (Wildman–Crippen LogP) is 1.88. The molecule has 2 aromatic rings. The van der Waals surface area contributed by atoms with E-state index in [0.717, 1.165) is 5.56 Å². The Morgan fingerprint density at radius 3 is 2.75 bits per heavy atom. The van der Waals surface area contributed by atoms with E-state index in [1.54, 1.807) is 13.0 Å². The van der Waals surface area contributed by atoms with Gasteiger partial charge in [-0.25, -0.2) is 9.18 Å². The van der Waals surface area contributed by atoms with Crippen LogP contribution in [0, 0.1) is 12.7 Å². The Morgan fingerprint density at radius 2 is 2.19 bits per heavy atom. The Bertz CT molecular complexity index is 551. The molecule has 6 heteroatoms. The van der Waals surface area contributed by atoms with Crippen molar-refractivity contribution in [3.63, 3.8) is 0 Å². The molecule has 0 saturated carbocycles.